The van der Waals surface area contributed by atoms with Gasteiger partial charge in [-0.1, -0.05) is 48.5 Å². The molecule has 0 radical (unpaired) electrons. The van der Waals surface area contributed by atoms with E-state index in [0.717, 1.165) is 37.1 Å². The van der Waals surface area contributed by atoms with E-state index in [4.69, 9.17) is 4.74 Å². The van der Waals surface area contributed by atoms with E-state index in [0.29, 0.717) is 18.4 Å². The molecule has 2 aromatic rings. The molecule has 2 aromatic carbocycles. The van der Waals surface area contributed by atoms with Crippen LogP contribution < -0.4 is 10.6 Å². The zero-order valence-electron chi connectivity index (χ0n) is 15.7. The molecule has 1 aliphatic carbocycles. The van der Waals surface area contributed by atoms with Gasteiger partial charge in [0.2, 0.25) is 0 Å². The second-order valence-corrected chi connectivity index (χ2v) is 7.48. The van der Waals surface area contributed by atoms with Crippen LogP contribution in [0.2, 0.25) is 0 Å². The highest BCUT2D eigenvalue weighted by atomic mass is 35.5. The number of nitrogens with one attached hydrogen (secondary N) is 2. The number of hydrogen-bond donors (Lipinski definition) is 2. The van der Waals surface area contributed by atoms with E-state index >= 15 is 0 Å². The van der Waals surface area contributed by atoms with Gasteiger partial charge < -0.3 is 15.4 Å². The van der Waals surface area contributed by atoms with Crippen molar-refractivity contribution < 1.29 is 13.9 Å². The highest BCUT2D eigenvalue weighted by Crippen LogP contribution is 2.63. The summed E-state index contributed by atoms with van der Waals surface area (Å²) in [7, 11) is 0. The number of carbonyl (C=O) groups excluding carboxylic acids is 1. The number of ether oxygens (including phenoxy) is 1. The fourth-order valence-corrected chi connectivity index (χ4v) is 4.75. The molecule has 1 amide bonds. The SMILES string of the molecule is Cl.O=C(NCC1(c2ccccc2F)[C@@H]2CCNCC[C@@H]21)OCc1ccccc1. The lowest BCUT2D eigenvalue weighted by Gasteiger charge is -2.22. The van der Waals surface area contributed by atoms with Crippen LogP contribution in [0.5, 0.6) is 0 Å². The third-order valence-corrected chi connectivity index (χ3v) is 6.08. The Balaban J connectivity index is 0.00000225. The Labute approximate surface area is 171 Å². The van der Waals surface area contributed by atoms with Gasteiger partial charge in [-0.15, -0.1) is 12.4 Å². The molecule has 150 valence electrons. The fraction of sp³-hybridized carbons (Fsp3) is 0.409. The Morgan fingerprint density at radius 2 is 1.71 bits per heavy atom. The molecule has 0 spiro atoms. The first-order valence-electron chi connectivity index (χ1n) is 9.62. The van der Waals surface area contributed by atoms with Gasteiger partial charge in [0.1, 0.15) is 12.4 Å². The molecule has 3 atom stereocenters. The lowest BCUT2D eigenvalue weighted by atomic mass is 9.89. The van der Waals surface area contributed by atoms with E-state index in [1.165, 1.54) is 6.07 Å². The fourth-order valence-electron chi connectivity index (χ4n) is 4.75. The van der Waals surface area contributed by atoms with Gasteiger partial charge >= 0.3 is 6.09 Å². The van der Waals surface area contributed by atoms with Crippen molar-refractivity contribution in [3.63, 3.8) is 0 Å². The van der Waals surface area contributed by atoms with Crippen molar-refractivity contribution >= 4 is 18.5 Å². The molecule has 2 N–H and O–H groups in total. The van der Waals surface area contributed by atoms with Crippen molar-refractivity contribution in [3.05, 3.63) is 71.5 Å². The molecule has 0 aromatic heterocycles. The minimum atomic E-state index is -0.450. The lowest BCUT2D eigenvalue weighted by Crippen LogP contribution is -2.36. The number of amides is 1. The molecule has 4 nitrogen and oxygen atoms in total. The Hall–Kier alpha value is -2.11. The smallest absolute Gasteiger partial charge is 0.407 e. The Kier molecular flexibility index (Phi) is 6.57. The molecule has 1 heterocycles. The maximum atomic E-state index is 14.6. The zero-order valence-corrected chi connectivity index (χ0v) is 16.5. The first-order chi connectivity index (χ1) is 13.2. The molecule has 2 aliphatic rings. The average Bonchev–Trinajstić information content (AvgIpc) is 3.38. The summed E-state index contributed by atoms with van der Waals surface area (Å²) in [6.45, 7) is 2.53. The zero-order chi connectivity index (χ0) is 18.7. The molecule has 4 rings (SSSR count). The van der Waals surface area contributed by atoms with E-state index in [9.17, 15) is 9.18 Å². The molecule has 1 aliphatic heterocycles. The quantitative estimate of drug-likeness (QED) is 0.790. The number of alkyl carbamates (subject to hydrolysis) is 1. The van der Waals surface area contributed by atoms with Crippen LogP contribution in [-0.4, -0.2) is 25.7 Å². The van der Waals surface area contributed by atoms with Gasteiger partial charge in [0.15, 0.2) is 0 Å². The van der Waals surface area contributed by atoms with E-state index < -0.39 is 6.09 Å². The minimum Gasteiger partial charge on any atom is -0.445 e. The maximum absolute atomic E-state index is 14.6. The first kappa shape index (κ1) is 20.6. The highest BCUT2D eigenvalue weighted by molar-refractivity contribution is 5.85. The average molecular weight is 405 g/mol. The van der Waals surface area contributed by atoms with Crippen molar-refractivity contribution in [1.82, 2.24) is 10.6 Å². The molecule has 0 bridgehead atoms. The topological polar surface area (TPSA) is 50.4 Å². The van der Waals surface area contributed by atoms with Crippen LogP contribution in [0.3, 0.4) is 0 Å². The van der Waals surface area contributed by atoms with Crippen LogP contribution in [0.4, 0.5) is 9.18 Å². The molecule has 6 heteroatoms. The minimum absolute atomic E-state index is 0. The summed E-state index contributed by atoms with van der Waals surface area (Å²) in [4.78, 5) is 12.2. The van der Waals surface area contributed by atoms with E-state index in [1.54, 1.807) is 6.07 Å². The van der Waals surface area contributed by atoms with Crippen molar-refractivity contribution in [2.24, 2.45) is 11.8 Å². The van der Waals surface area contributed by atoms with Gasteiger partial charge in [-0.05, 0) is 55.0 Å². The number of benzene rings is 2. The van der Waals surface area contributed by atoms with Gasteiger partial charge in [-0.2, -0.15) is 0 Å². The number of fused-ring (bicyclic) bond motifs is 1. The summed E-state index contributed by atoms with van der Waals surface area (Å²) in [5.41, 5.74) is 1.35. The molecule has 1 saturated carbocycles. The Morgan fingerprint density at radius 1 is 1.07 bits per heavy atom. The van der Waals surface area contributed by atoms with Crippen molar-refractivity contribution in [1.29, 1.82) is 0 Å². The Morgan fingerprint density at radius 3 is 2.39 bits per heavy atom. The van der Waals surface area contributed by atoms with Gasteiger partial charge in [-0.3, -0.25) is 0 Å². The summed E-state index contributed by atoms with van der Waals surface area (Å²) in [6.07, 6.45) is 1.55. The standard InChI is InChI=1S/C22H25FN2O2.ClH/c23-20-9-5-4-8-19(20)22(17-10-12-24-13-11-18(17)22)15-25-21(26)27-14-16-6-2-1-3-7-16;/h1-9,17-18,24H,10-15H2,(H,25,26);1H/t17-,18+,22?;. The third-order valence-electron chi connectivity index (χ3n) is 6.08. The maximum Gasteiger partial charge on any atom is 0.407 e. The molecular formula is C22H26ClFN2O2. The molecule has 1 unspecified atom stereocenters. The second kappa shape index (κ2) is 8.93. The first-order valence-corrected chi connectivity index (χ1v) is 9.62. The molecular weight excluding hydrogens is 379 g/mol. The largest absolute Gasteiger partial charge is 0.445 e. The number of carbonyl (C=O) groups is 1. The summed E-state index contributed by atoms with van der Waals surface area (Å²) < 4.78 is 19.9. The highest BCUT2D eigenvalue weighted by Gasteiger charge is 2.65. The van der Waals surface area contributed by atoms with Crippen molar-refractivity contribution in [2.45, 2.75) is 24.9 Å². The van der Waals surface area contributed by atoms with Crippen LogP contribution in [0.15, 0.2) is 54.6 Å². The van der Waals surface area contributed by atoms with Crippen molar-refractivity contribution in [3.8, 4) is 0 Å². The van der Waals surface area contributed by atoms with Gasteiger partial charge in [0.05, 0.1) is 0 Å². The molecule has 28 heavy (non-hydrogen) atoms. The number of hydrogen-bond acceptors (Lipinski definition) is 3. The number of rotatable bonds is 5. The van der Waals surface area contributed by atoms with E-state index in [-0.39, 0.29) is 30.2 Å². The van der Waals surface area contributed by atoms with Crippen LogP contribution in [-0.2, 0) is 16.8 Å². The van der Waals surface area contributed by atoms with Gasteiger partial charge in [-0.25, -0.2) is 9.18 Å². The third kappa shape index (κ3) is 4.01. The van der Waals surface area contributed by atoms with Gasteiger partial charge in [0, 0.05) is 12.0 Å². The number of halogens is 2. The van der Waals surface area contributed by atoms with Crippen molar-refractivity contribution in [2.75, 3.05) is 19.6 Å². The van der Waals surface area contributed by atoms with Crippen LogP contribution in [0, 0.1) is 17.7 Å². The van der Waals surface area contributed by atoms with Gasteiger partial charge in [0.25, 0.3) is 0 Å². The predicted molar refractivity (Wildman–Crippen MR) is 109 cm³/mol. The normalized spacial score (nSPS) is 25.6. The summed E-state index contributed by atoms with van der Waals surface area (Å²) in [5.74, 6) is 0.593. The van der Waals surface area contributed by atoms with E-state index in [1.807, 2.05) is 42.5 Å². The Bertz CT molecular complexity index is 790. The molecule has 1 saturated heterocycles. The summed E-state index contributed by atoms with van der Waals surface area (Å²) >= 11 is 0. The predicted octanol–water partition coefficient (Wildman–Crippen LogP) is 4.04. The van der Waals surface area contributed by atoms with Crippen LogP contribution in [0.1, 0.15) is 24.0 Å². The summed E-state index contributed by atoms with van der Waals surface area (Å²) in [6, 6.07) is 16.6. The lowest BCUT2D eigenvalue weighted by molar-refractivity contribution is 0.138. The summed E-state index contributed by atoms with van der Waals surface area (Å²) in [5, 5.41) is 6.32. The van der Waals surface area contributed by atoms with Crippen LogP contribution >= 0.6 is 12.4 Å². The monoisotopic (exact) mass is 404 g/mol. The second-order valence-electron chi connectivity index (χ2n) is 7.48. The van der Waals surface area contributed by atoms with E-state index in [2.05, 4.69) is 10.6 Å². The van der Waals surface area contributed by atoms with Crippen LogP contribution in [0.25, 0.3) is 0 Å². The molecule has 2 fully saturated rings.